The number of hydrogen-bond donors (Lipinski definition) is 2. The molecule has 0 unspecified atom stereocenters. The van der Waals surface area contributed by atoms with Crippen LogP contribution in [0.25, 0.3) is 22.2 Å². The Morgan fingerprint density at radius 3 is 2.74 bits per heavy atom. The number of benzene rings is 2. The molecule has 1 atom stereocenters. The Labute approximate surface area is 188 Å². The van der Waals surface area contributed by atoms with E-state index < -0.39 is 0 Å². The molecule has 4 rings (SSSR count). The van der Waals surface area contributed by atoms with E-state index in [0.717, 1.165) is 54.5 Å². The number of halogens is 1. The monoisotopic (exact) mass is 443 g/mol. The minimum absolute atomic E-state index is 0. The summed E-state index contributed by atoms with van der Waals surface area (Å²) in [7, 11) is 0. The lowest BCUT2D eigenvalue weighted by Crippen LogP contribution is -3.00. The zero-order valence-electron chi connectivity index (χ0n) is 17.9. The van der Waals surface area contributed by atoms with Gasteiger partial charge in [-0.3, -0.25) is 16.0 Å². The van der Waals surface area contributed by atoms with Crippen molar-refractivity contribution in [1.29, 1.82) is 0 Å². The van der Waals surface area contributed by atoms with Crippen LogP contribution < -0.4 is 28.6 Å². The number of nitrogens with two attached hydrogens (primary N) is 2. The first kappa shape index (κ1) is 22.9. The van der Waals surface area contributed by atoms with E-state index in [1.54, 1.807) is 0 Å². The van der Waals surface area contributed by atoms with Gasteiger partial charge in [0.05, 0.1) is 13.2 Å². The van der Waals surface area contributed by atoms with Crippen molar-refractivity contribution in [3.05, 3.63) is 42.3 Å². The third-order valence-corrected chi connectivity index (χ3v) is 5.65. The zero-order valence-corrected chi connectivity index (χ0v) is 18.6. The molecule has 0 amide bonds. The molecule has 0 spiro atoms. The number of aromatic nitrogens is 2. The molecule has 1 fully saturated rings. The molecule has 2 aromatic carbocycles. The van der Waals surface area contributed by atoms with E-state index in [0.29, 0.717) is 17.7 Å². The van der Waals surface area contributed by atoms with Crippen molar-refractivity contribution in [2.24, 2.45) is 11.5 Å². The van der Waals surface area contributed by atoms with Gasteiger partial charge in [0.25, 0.3) is 5.89 Å². The van der Waals surface area contributed by atoms with Crippen molar-refractivity contribution in [3.8, 4) is 17.1 Å². The van der Waals surface area contributed by atoms with Crippen molar-refractivity contribution in [2.75, 3.05) is 13.2 Å². The van der Waals surface area contributed by atoms with Gasteiger partial charge in [-0.05, 0) is 48.2 Å². The summed E-state index contributed by atoms with van der Waals surface area (Å²) in [5.74, 6) is 2.34. The summed E-state index contributed by atoms with van der Waals surface area (Å²) < 4.78 is 13.4. The van der Waals surface area contributed by atoms with Crippen LogP contribution in [0.15, 0.2) is 40.9 Å². The molecule has 1 aliphatic rings. The quantitative estimate of drug-likeness (QED) is 0.305. The van der Waals surface area contributed by atoms with Crippen LogP contribution in [0.3, 0.4) is 0 Å². The van der Waals surface area contributed by atoms with Gasteiger partial charge in [-0.2, -0.15) is 4.98 Å². The molecule has 166 valence electrons. The highest BCUT2D eigenvalue weighted by Crippen LogP contribution is 2.30. The van der Waals surface area contributed by atoms with Crippen LogP contribution in [-0.2, 0) is 0 Å². The predicted molar refractivity (Wildman–Crippen MR) is 117 cm³/mol. The first-order valence-electron chi connectivity index (χ1n) is 10.8. The molecule has 2 heterocycles. The number of nitrogens with zero attached hydrogens (tertiary/aromatic N) is 3. The molecule has 8 heteroatoms. The molecule has 1 saturated heterocycles. The first-order valence-corrected chi connectivity index (χ1v) is 10.8. The summed E-state index contributed by atoms with van der Waals surface area (Å²) in [5.41, 5.74) is 12.5. The molecular formula is C23H30ClN5O2. The molecule has 0 aliphatic carbocycles. The number of unbranched alkanes of at least 4 members (excludes halogenated alkanes) is 3. The van der Waals surface area contributed by atoms with E-state index in [4.69, 9.17) is 20.7 Å². The Bertz CT molecular complexity index is 1050. The fourth-order valence-electron chi connectivity index (χ4n) is 3.99. The van der Waals surface area contributed by atoms with Gasteiger partial charge in [0.15, 0.2) is 6.04 Å². The maximum Gasteiger partial charge on any atom is 0.341 e. The van der Waals surface area contributed by atoms with Crippen LogP contribution in [0, 0.1) is 0 Å². The second-order valence-electron chi connectivity index (χ2n) is 7.87. The Morgan fingerprint density at radius 2 is 1.94 bits per heavy atom. The highest BCUT2D eigenvalue weighted by molar-refractivity contribution is 5.87. The largest absolute Gasteiger partial charge is 1.00 e. The third kappa shape index (κ3) is 5.28. The van der Waals surface area contributed by atoms with Gasteiger partial charge in [-0.1, -0.05) is 49.5 Å². The zero-order chi connectivity index (χ0) is 20.9. The van der Waals surface area contributed by atoms with E-state index in [9.17, 15) is 0 Å². The first-order chi connectivity index (χ1) is 14.7. The smallest absolute Gasteiger partial charge is 0.341 e. The van der Waals surface area contributed by atoms with Gasteiger partial charge >= 0.3 is 5.96 Å². The van der Waals surface area contributed by atoms with Gasteiger partial charge < -0.3 is 21.7 Å². The van der Waals surface area contributed by atoms with Gasteiger partial charge in [0.1, 0.15) is 5.75 Å². The second kappa shape index (κ2) is 10.5. The molecule has 0 bridgehead atoms. The Kier molecular flexibility index (Phi) is 7.74. The maximum absolute atomic E-state index is 5.90. The van der Waals surface area contributed by atoms with Crippen LogP contribution >= 0.6 is 0 Å². The highest BCUT2D eigenvalue weighted by Gasteiger charge is 2.31. The lowest BCUT2D eigenvalue weighted by Gasteiger charge is -2.08. The molecule has 0 saturated carbocycles. The summed E-state index contributed by atoms with van der Waals surface area (Å²) >= 11 is 0. The van der Waals surface area contributed by atoms with Crippen molar-refractivity contribution in [2.45, 2.75) is 51.5 Å². The van der Waals surface area contributed by atoms with Crippen LogP contribution in [0.4, 0.5) is 0 Å². The number of rotatable bonds is 8. The minimum Gasteiger partial charge on any atom is -1.00 e. The third-order valence-electron chi connectivity index (χ3n) is 5.65. The lowest BCUT2D eigenvalue weighted by atomic mass is 10.1. The number of guanidine groups is 1. The van der Waals surface area contributed by atoms with E-state index in [-0.39, 0.29) is 18.4 Å². The maximum atomic E-state index is 5.90. The molecular weight excluding hydrogens is 414 g/mol. The normalized spacial score (nSPS) is 15.8. The van der Waals surface area contributed by atoms with Crippen molar-refractivity contribution < 1.29 is 26.2 Å². The number of fused-ring (bicyclic) bond motifs is 1. The predicted octanol–water partition coefficient (Wildman–Crippen LogP) is 0.974. The SMILES string of the molecule is CCCCCCOc1ccc2cc(-c3noc([C@@H]4CCC[N+]4=C(N)N)n3)ccc2c1.[Cl-]. The van der Waals surface area contributed by atoms with Gasteiger partial charge in [-0.15, -0.1) is 0 Å². The molecule has 0 radical (unpaired) electrons. The average Bonchev–Trinajstić information content (AvgIpc) is 3.42. The molecule has 3 aromatic rings. The Morgan fingerprint density at radius 1 is 1.13 bits per heavy atom. The summed E-state index contributed by atoms with van der Waals surface area (Å²) in [5, 5.41) is 6.42. The molecule has 31 heavy (non-hydrogen) atoms. The fraction of sp³-hybridized carbons (Fsp3) is 0.435. The van der Waals surface area contributed by atoms with Gasteiger partial charge in [-0.25, -0.2) is 0 Å². The van der Waals surface area contributed by atoms with E-state index in [1.165, 1.54) is 19.3 Å². The molecule has 4 N–H and O–H groups in total. The molecule has 7 nitrogen and oxygen atoms in total. The van der Waals surface area contributed by atoms with E-state index >= 15 is 0 Å². The molecule has 1 aliphatic heterocycles. The topological polar surface area (TPSA) is 103 Å². The van der Waals surface area contributed by atoms with Crippen LogP contribution in [0.2, 0.25) is 0 Å². The van der Waals surface area contributed by atoms with E-state index in [1.807, 2.05) is 16.7 Å². The van der Waals surface area contributed by atoms with Crippen LogP contribution in [0.1, 0.15) is 57.4 Å². The summed E-state index contributed by atoms with van der Waals surface area (Å²) in [4.78, 5) is 4.62. The van der Waals surface area contributed by atoms with Crippen molar-refractivity contribution in [3.63, 3.8) is 0 Å². The average molecular weight is 444 g/mol. The number of hydrogen-bond acceptors (Lipinski definition) is 4. The summed E-state index contributed by atoms with van der Waals surface area (Å²) in [6.07, 6.45) is 6.71. The van der Waals surface area contributed by atoms with E-state index in [2.05, 4.69) is 41.3 Å². The summed E-state index contributed by atoms with van der Waals surface area (Å²) in [6, 6.07) is 12.3. The van der Waals surface area contributed by atoms with Crippen LogP contribution in [0.5, 0.6) is 5.75 Å². The lowest BCUT2D eigenvalue weighted by molar-refractivity contribution is -0.555. The van der Waals surface area contributed by atoms with Crippen molar-refractivity contribution in [1.82, 2.24) is 10.1 Å². The molecule has 1 aromatic heterocycles. The minimum atomic E-state index is -0.0475. The summed E-state index contributed by atoms with van der Waals surface area (Å²) in [6.45, 7) is 3.79. The fourth-order valence-corrected chi connectivity index (χ4v) is 3.99. The standard InChI is InChI=1S/C23H29N5O2.ClH/c1-2-3-4-5-13-29-19-11-10-16-14-18(9-8-17(16)15-19)21-26-22(30-27-21)20-7-6-12-28(20)23(24)25;/h8-11,14-15,20H,2-7,12-13H2,1H3,(H3,24,25);1H/t20-;/m0./s1. The Balaban J connectivity index is 0.00000272. The highest BCUT2D eigenvalue weighted by atomic mass is 35.5. The van der Waals surface area contributed by atoms with Gasteiger partial charge in [0, 0.05) is 5.56 Å². The second-order valence-corrected chi connectivity index (χ2v) is 7.87. The van der Waals surface area contributed by atoms with Gasteiger partial charge in [0.2, 0.25) is 5.82 Å². The van der Waals surface area contributed by atoms with Crippen LogP contribution in [-0.4, -0.2) is 33.8 Å². The Hall–Kier alpha value is -2.80. The number of ether oxygens (including phenoxy) is 1. The van der Waals surface area contributed by atoms with Crippen molar-refractivity contribution >= 4 is 16.7 Å².